The lowest BCUT2D eigenvalue weighted by molar-refractivity contribution is 0.0976. The number of nitrogens with zero attached hydrogens (tertiary/aromatic N) is 1. The van der Waals surface area contributed by atoms with E-state index in [4.69, 9.17) is 11.6 Å². The maximum absolute atomic E-state index is 14.0. The summed E-state index contributed by atoms with van der Waals surface area (Å²) >= 11 is 5.91. The lowest BCUT2D eigenvalue weighted by Gasteiger charge is -2.14. The maximum atomic E-state index is 14.0. The van der Waals surface area contributed by atoms with Crippen LogP contribution in [0.15, 0.2) is 59.6 Å². The van der Waals surface area contributed by atoms with Crippen molar-refractivity contribution < 1.29 is 22.4 Å². The highest BCUT2D eigenvalue weighted by Crippen LogP contribution is 2.25. The Hall–Kier alpha value is -3.47. The molecule has 3 aromatic carbocycles. The number of aryl methyl sites for hydroxylation is 1. The summed E-state index contributed by atoms with van der Waals surface area (Å²) in [4.78, 5) is 17.1. The third-order valence-corrected chi connectivity index (χ3v) is 5.52. The van der Waals surface area contributed by atoms with Crippen molar-refractivity contribution in [3.05, 3.63) is 99.6 Å². The summed E-state index contributed by atoms with van der Waals surface area (Å²) in [5, 5.41) is 5.38. The van der Waals surface area contributed by atoms with Gasteiger partial charge in [-0.15, -0.1) is 0 Å². The van der Waals surface area contributed by atoms with Crippen LogP contribution < -0.4 is 21.5 Å². The van der Waals surface area contributed by atoms with Gasteiger partial charge in [0.15, 0.2) is 11.6 Å². The molecule has 3 aromatic rings. The quantitative estimate of drug-likeness (QED) is 0.229. The number of aliphatic imine (C=N–C) groups is 1. The van der Waals surface area contributed by atoms with Gasteiger partial charge in [0.05, 0.1) is 0 Å². The molecule has 0 saturated carbocycles. The van der Waals surface area contributed by atoms with Crippen molar-refractivity contribution in [1.82, 2.24) is 16.2 Å². The molecule has 0 spiro atoms. The monoisotopic (exact) mass is 505 g/mol. The van der Waals surface area contributed by atoms with Gasteiger partial charge in [-0.2, -0.15) is 0 Å². The van der Waals surface area contributed by atoms with Crippen LogP contribution in [0.2, 0.25) is 5.02 Å². The zero-order chi connectivity index (χ0) is 25.1. The predicted molar refractivity (Wildman–Crippen MR) is 125 cm³/mol. The lowest BCUT2D eigenvalue weighted by Crippen LogP contribution is -2.39. The molecule has 0 bridgehead atoms. The zero-order valence-electron chi connectivity index (χ0n) is 18.3. The molecule has 4 N–H and O–H groups in total. The van der Waals surface area contributed by atoms with Crippen molar-refractivity contribution in [3.63, 3.8) is 0 Å². The Morgan fingerprint density at radius 3 is 2.49 bits per heavy atom. The Labute approximate surface area is 203 Å². The molecule has 2 atom stereocenters. The molecular weight excluding hydrogens is 486 g/mol. The van der Waals surface area contributed by atoms with E-state index in [0.717, 1.165) is 30.3 Å². The fourth-order valence-electron chi connectivity index (χ4n) is 3.50. The number of hydrogen-bond acceptors (Lipinski definition) is 4. The molecule has 1 amide bonds. The molecule has 11 heteroatoms. The average Bonchev–Trinajstić information content (AvgIpc) is 3.25. The van der Waals surface area contributed by atoms with E-state index in [9.17, 15) is 22.4 Å². The molecule has 4 rings (SSSR count). The Bertz CT molecular complexity index is 1280. The molecule has 0 aromatic heterocycles. The number of benzene rings is 3. The van der Waals surface area contributed by atoms with Crippen molar-refractivity contribution in [2.75, 3.05) is 5.32 Å². The van der Waals surface area contributed by atoms with E-state index in [0.29, 0.717) is 17.5 Å². The third-order valence-electron chi connectivity index (χ3n) is 5.31. The first-order valence-electron chi connectivity index (χ1n) is 10.5. The van der Waals surface area contributed by atoms with Crippen LogP contribution in [0.3, 0.4) is 0 Å². The second-order valence-electron chi connectivity index (χ2n) is 7.95. The first-order chi connectivity index (χ1) is 16.7. The summed E-state index contributed by atoms with van der Waals surface area (Å²) in [5.74, 6) is -4.11. The smallest absolute Gasteiger partial charge is 0.258 e. The Morgan fingerprint density at radius 2 is 1.77 bits per heavy atom. The zero-order valence-corrected chi connectivity index (χ0v) is 19.1. The number of halogens is 5. The molecule has 6 nitrogen and oxygen atoms in total. The number of guanidine groups is 1. The van der Waals surface area contributed by atoms with Gasteiger partial charge < -0.3 is 5.32 Å². The Kier molecular flexibility index (Phi) is 7.34. The van der Waals surface area contributed by atoms with Gasteiger partial charge in [0, 0.05) is 28.7 Å². The summed E-state index contributed by atoms with van der Waals surface area (Å²) in [7, 11) is 0. The van der Waals surface area contributed by atoms with Crippen LogP contribution in [-0.2, 0) is 0 Å². The van der Waals surface area contributed by atoms with Gasteiger partial charge in [-0.25, -0.2) is 33.4 Å². The molecule has 1 saturated heterocycles. The second-order valence-corrected chi connectivity index (χ2v) is 8.38. The van der Waals surface area contributed by atoms with Crippen LogP contribution in [0, 0.1) is 30.2 Å². The molecule has 1 heterocycles. The number of hydrogen-bond donors (Lipinski definition) is 4. The van der Waals surface area contributed by atoms with Crippen LogP contribution in [0.5, 0.6) is 0 Å². The number of nitrogens with one attached hydrogen (secondary N) is 4. The number of rotatable bonds is 4. The summed E-state index contributed by atoms with van der Waals surface area (Å²) in [6.07, 6.45) is -0.195. The van der Waals surface area contributed by atoms with Crippen LogP contribution in [0.4, 0.5) is 23.2 Å². The van der Waals surface area contributed by atoms with Crippen molar-refractivity contribution in [1.29, 1.82) is 0 Å². The second kappa shape index (κ2) is 10.4. The van der Waals surface area contributed by atoms with Gasteiger partial charge in [-0.05, 0) is 60.5 Å². The van der Waals surface area contributed by atoms with E-state index >= 15 is 0 Å². The molecular formula is C24H20ClF4N5O. The largest absolute Gasteiger partial charge is 0.326 e. The van der Waals surface area contributed by atoms with E-state index in [-0.39, 0.29) is 34.1 Å². The maximum Gasteiger partial charge on any atom is 0.258 e. The fraction of sp³-hybridized carbons (Fsp3) is 0.167. The van der Waals surface area contributed by atoms with Crippen LogP contribution in [-0.4, -0.2) is 18.0 Å². The first kappa shape index (κ1) is 24.6. The molecule has 35 heavy (non-hydrogen) atoms. The minimum absolute atomic E-state index is 0.101. The molecule has 1 aliphatic rings. The van der Waals surface area contributed by atoms with Gasteiger partial charge in [0.1, 0.15) is 17.8 Å². The van der Waals surface area contributed by atoms with Gasteiger partial charge in [0.25, 0.3) is 5.91 Å². The molecule has 0 aliphatic carbocycles. The van der Waals surface area contributed by atoms with Crippen LogP contribution in [0.1, 0.15) is 33.9 Å². The highest BCUT2D eigenvalue weighted by atomic mass is 35.5. The van der Waals surface area contributed by atoms with Gasteiger partial charge >= 0.3 is 0 Å². The van der Waals surface area contributed by atoms with E-state index in [2.05, 4.69) is 26.5 Å². The minimum atomic E-state index is -1.18. The van der Waals surface area contributed by atoms with Crippen molar-refractivity contribution in [3.8, 4) is 0 Å². The molecule has 1 aliphatic heterocycles. The molecule has 182 valence electrons. The topological polar surface area (TPSA) is 77.5 Å². The number of carbonyl (C=O) groups is 1. The Morgan fingerprint density at radius 1 is 0.971 bits per heavy atom. The third kappa shape index (κ3) is 6.16. The predicted octanol–water partition coefficient (Wildman–Crippen LogP) is 4.97. The van der Waals surface area contributed by atoms with Crippen LogP contribution >= 0.6 is 11.6 Å². The Balaban J connectivity index is 1.57. The standard InChI is InChI=1S/C24H20ClF4N5O/c1-12-2-3-13(6-19(12)28)21-11-22(34-33-21)31-24(30-17-9-15(25)8-16(26)10-17)32-23(35)14-4-5-18(27)20(29)7-14/h2-10,21-22,33-34H,11H2,1H3,(H2,30,31,32,35). The highest BCUT2D eigenvalue weighted by Gasteiger charge is 2.26. The number of anilines is 1. The van der Waals surface area contributed by atoms with Crippen LogP contribution in [0.25, 0.3) is 0 Å². The van der Waals surface area contributed by atoms with E-state index in [1.807, 2.05) is 0 Å². The van der Waals surface area contributed by atoms with Crippen molar-refractivity contribution >= 4 is 29.2 Å². The lowest BCUT2D eigenvalue weighted by atomic mass is 10.0. The molecule has 1 fully saturated rings. The minimum Gasteiger partial charge on any atom is -0.326 e. The van der Waals surface area contributed by atoms with E-state index in [1.165, 1.54) is 12.1 Å². The molecule has 2 unspecified atom stereocenters. The van der Waals surface area contributed by atoms with Crippen molar-refractivity contribution in [2.24, 2.45) is 4.99 Å². The molecule has 0 radical (unpaired) electrons. The SMILES string of the molecule is Cc1ccc(C2CC(N=C(NC(=O)c3ccc(F)c(F)c3)Nc3cc(F)cc(Cl)c3)NN2)cc1F. The first-order valence-corrected chi connectivity index (χ1v) is 10.9. The summed E-state index contributed by atoms with van der Waals surface area (Å²) < 4.78 is 54.6. The normalized spacial score (nSPS) is 17.9. The fourth-order valence-corrected chi connectivity index (χ4v) is 3.72. The number of hydrazine groups is 1. The summed E-state index contributed by atoms with van der Waals surface area (Å²) in [6.45, 7) is 1.67. The van der Waals surface area contributed by atoms with Gasteiger partial charge in [0.2, 0.25) is 5.96 Å². The van der Waals surface area contributed by atoms with E-state index < -0.39 is 29.5 Å². The van der Waals surface area contributed by atoms with Gasteiger partial charge in [-0.3, -0.25) is 10.1 Å². The summed E-state index contributed by atoms with van der Waals surface area (Å²) in [5.41, 5.74) is 7.24. The number of carbonyl (C=O) groups excluding carboxylic acids is 1. The summed E-state index contributed by atoms with van der Waals surface area (Å²) in [6, 6.07) is 11.0. The number of amides is 1. The van der Waals surface area contributed by atoms with Crippen molar-refractivity contribution in [2.45, 2.75) is 25.6 Å². The average molecular weight is 506 g/mol. The van der Waals surface area contributed by atoms with E-state index in [1.54, 1.807) is 19.1 Å². The highest BCUT2D eigenvalue weighted by molar-refractivity contribution is 6.31. The van der Waals surface area contributed by atoms with Gasteiger partial charge in [-0.1, -0.05) is 23.7 Å².